The van der Waals surface area contributed by atoms with Crippen LogP contribution in [0.3, 0.4) is 0 Å². The Hall–Kier alpha value is -2.63. The predicted octanol–water partition coefficient (Wildman–Crippen LogP) is 4.46. The lowest BCUT2D eigenvalue weighted by atomic mass is 10.0. The Morgan fingerprint density at radius 3 is 2.38 bits per heavy atom. The first kappa shape index (κ1) is 17.7. The highest BCUT2D eigenvalue weighted by Gasteiger charge is 2.08. The molecule has 6 heteroatoms. The maximum absolute atomic E-state index is 12.1. The van der Waals surface area contributed by atoms with Gasteiger partial charge in [0.1, 0.15) is 5.75 Å². The van der Waals surface area contributed by atoms with E-state index in [1.54, 1.807) is 0 Å². The smallest absolute Gasteiger partial charge is 0.387 e. The minimum atomic E-state index is -2.87. The van der Waals surface area contributed by atoms with Crippen molar-refractivity contribution < 1.29 is 18.3 Å². The van der Waals surface area contributed by atoms with Gasteiger partial charge in [-0.3, -0.25) is 4.79 Å². The summed E-state index contributed by atoms with van der Waals surface area (Å²) < 4.78 is 28.4. The van der Waals surface area contributed by atoms with Crippen LogP contribution in [0.2, 0.25) is 0 Å². The molecule has 4 nitrogen and oxygen atoms in total. The molecular weight excluding hydrogens is 314 g/mol. The fraction of sp³-hybridized carbons (Fsp3) is 0.278. The highest BCUT2D eigenvalue weighted by atomic mass is 19.3. The van der Waals surface area contributed by atoms with Crippen molar-refractivity contribution in [2.24, 2.45) is 0 Å². The predicted molar refractivity (Wildman–Crippen MR) is 90.7 cm³/mol. The van der Waals surface area contributed by atoms with Gasteiger partial charge >= 0.3 is 6.61 Å². The zero-order valence-corrected chi connectivity index (χ0v) is 13.6. The lowest BCUT2D eigenvalue weighted by Gasteiger charge is -2.14. The lowest BCUT2D eigenvalue weighted by Crippen LogP contribution is -2.22. The summed E-state index contributed by atoms with van der Waals surface area (Å²) in [5, 5.41) is 5.81. The number of carbonyl (C=O) groups excluding carboxylic acids is 1. The molecule has 0 radical (unpaired) electrons. The molecule has 2 aromatic rings. The molecule has 0 aliphatic carbocycles. The summed E-state index contributed by atoms with van der Waals surface area (Å²) in [6.45, 7) is 1.42. The third-order valence-corrected chi connectivity index (χ3v) is 3.39. The molecular formula is C18H20F2N2O2. The van der Waals surface area contributed by atoms with Crippen molar-refractivity contribution in [2.45, 2.75) is 26.4 Å². The van der Waals surface area contributed by atoms with E-state index in [1.165, 1.54) is 24.3 Å². The first-order valence-corrected chi connectivity index (χ1v) is 7.63. The van der Waals surface area contributed by atoms with E-state index >= 15 is 0 Å². The maximum Gasteiger partial charge on any atom is 0.387 e. The highest BCUT2D eigenvalue weighted by molar-refractivity contribution is 5.93. The summed E-state index contributed by atoms with van der Waals surface area (Å²) in [5.74, 6) is 0.169. The van der Waals surface area contributed by atoms with Crippen LogP contribution in [0.5, 0.6) is 5.75 Å². The van der Waals surface area contributed by atoms with Gasteiger partial charge in [0.2, 0.25) is 5.91 Å². The third-order valence-electron chi connectivity index (χ3n) is 3.39. The number of halogens is 2. The van der Waals surface area contributed by atoms with Gasteiger partial charge < -0.3 is 15.4 Å². The molecule has 2 aromatic carbocycles. The van der Waals surface area contributed by atoms with E-state index in [9.17, 15) is 13.6 Å². The van der Waals surface area contributed by atoms with Crippen molar-refractivity contribution in [3.05, 3.63) is 54.1 Å². The van der Waals surface area contributed by atoms with E-state index in [-0.39, 0.29) is 18.2 Å². The Balaban J connectivity index is 1.90. The fourth-order valence-electron chi connectivity index (χ4n) is 2.26. The van der Waals surface area contributed by atoms with Crippen LogP contribution in [0.15, 0.2) is 48.5 Å². The highest BCUT2D eigenvalue weighted by Crippen LogP contribution is 2.23. The van der Waals surface area contributed by atoms with Crippen LogP contribution in [0.25, 0.3) is 0 Å². The molecule has 0 saturated carbocycles. The Kier molecular flexibility index (Phi) is 6.12. The summed E-state index contributed by atoms with van der Waals surface area (Å²) in [5.41, 5.74) is 2.57. The molecule has 0 atom stereocenters. The fourth-order valence-corrected chi connectivity index (χ4v) is 2.26. The third kappa shape index (κ3) is 5.22. The summed E-state index contributed by atoms with van der Waals surface area (Å²) in [6.07, 6.45) is 0. The lowest BCUT2D eigenvalue weighted by molar-refractivity contribution is -0.114. The van der Waals surface area contributed by atoms with Crippen LogP contribution in [-0.2, 0) is 4.79 Å². The van der Waals surface area contributed by atoms with Gasteiger partial charge in [-0.2, -0.15) is 8.78 Å². The molecule has 2 N–H and O–H groups in total. The first-order valence-electron chi connectivity index (χ1n) is 7.63. The number of amides is 1. The van der Waals surface area contributed by atoms with E-state index in [0.717, 1.165) is 11.3 Å². The van der Waals surface area contributed by atoms with Gasteiger partial charge in [-0.25, -0.2) is 0 Å². The minimum absolute atomic E-state index is 0.0481. The van der Waals surface area contributed by atoms with Gasteiger partial charge in [-0.05, 0) is 41.8 Å². The summed E-state index contributed by atoms with van der Waals surface area (Å²) in [7, 11) is 0. The second-order valence-corrected chi connectivity index (χ2v) is 5.55. The number of carbonyl (C=O) groups is 1. The molecule has 2 rings (SSSR count). The summed E-state index contributed by atoms with van der Waals surface area (Å²) in [4.78, 5) is 12.0. The van der Waals surface area contributed by atoms with Crippen molar-refractivity contribution >= 4 is 17.3 Å². The number of para-hydroxylation sites is 1. The molecule has 0 heterocycles. The molecule has 0 saturated heterocycles. The van der Waals surface area contributed by atoms with Crippen molar-refractivity contribution in [1.82, 2.24) is 0 Å². The van der Waals surface area contributed by atoms with Gasteiger partial charge in [-0.15, -0.1) is 0 Å². The standard InChI is InChI=1S/C18H20F2N2O2/c1-12(2)15-5-3-4-6-16(15)21-11-17(23)22-13-7-9-14(10-8-13)24-18(19)20/h3-10,12,18,21H,11H2,1-2H3,(H,22,23). The normalized spacial score (nSPS) is 10.8. The Labute approximate surface area is 139 Å². The number of anilines is 2. The van der Waals surface area contributed by atoms with Gasteiger partial charge in [0, 0.05) is 11.4 Å². The van der Waals surface area contributed by atoms with E-state index in [2.05, 4.69) is 29.2 Å². The topological polar surface area (TPSA) is 50.4 Å². The molecule has 0 unspecified atom stereocenters. The van der Waals surface area contributed by atoms with E-state index in [0.29, 0.717) is 11.6 Å². The summed E-state index contributed by atoms with van der Waals surface area (Å²) in [6, 6.07) is 13.6. The number of hydrogen-bond donors (Lipinski definition) is 2. The molecule has 128 valence electrons. The number of alkyl halides is 2. The molecule has 0 spiro atoms. The average Bonchev–Trinajstić information content (AvgIpc) is 2.54. The van der Waals surface area contributed by atoms with Crippen LogP contribution in [0.4, 0.5) is 20.2 Å². The molecule has 0 aliphatic heterocycles. The Bertz CT molecular complexity index is 673. The second-order valence-electron chi connectivity index (χ2n) is 5.55. The largest absolute Gasteiger partial charge is 0.435 e. The van der Waals surface area contributed by atoms with Crippen LogP contribution in [-0.4, -0.2) is 19.1 Å². The number of hydrogen-bond acceptors (Lipinski definition) is 3. The SMILES string of the molecule is CC(C)c1ccccc1NCC(=O)Nc1ccc(OC(F)F)cc1. The Morgan fingerprint density at radius 1 is 1.08 bits per heavy atom. The molecule has 24 heavy (non-hydrogen) atoms. The summed E-state index contributed by atoms with van der Waals surface area (Å²) >= 11 is 0. The van der Waals surface area contributed by atoms with E-state index < -0.39 is 6.61 Å². The van der Waals surface area contributed by atoms with Crippen molar-refractivity contribution in [3.8, 4) is 5.75 Å². The zero-order valence-electron chi connectivity index (χ0n) is 13.6. The maximum atomic E-state index is 12.1. The van der Waals surface area contributed by atoms with Gasteiger partial charge in [-0.1, -0.05) is 32.0 Å². The van der Waals surface area contributed by atoms with E-state index in [4.69, 9.17) is 0 Å². The second kappa shape index (κ2) is 8.29. The minimum Gasteiger partial charge on any atom is -0.435 e. The number of rotatable bonds is 7. The van der Waals surface area contributed by atoms with Gasteiger partial charge in [0.15, 0.2) is 0 Å². The number of ether oxygens (including phenoxy) is 1. The van der Waals surface area contributed by atoms with Gasteiger partial charge in [0.05, 0.1) is 6.54 Å². The zero-order chi connectivity index (χ0) is 17.5. The monoisotopic (exact) mass is 334 g/mol. The van der Waals surface area contributed by atoms with Gasteiger partial charge in [0.25, 0.3) is 0 Å². The van der Waals surface area contributed by atoms with Crippen molar-refractivity contribution in [3.63, 3.8) is 0 Å². The van der Waals surface area contributed by atoms with Crippen LogP contribution in [0.1, 0.15) is 25.3 Å². The van der Waals surface area contributed by atoms with E-state index in [1.807, 2.05) is 24.3 Å². The first-order chi connectivity index (χ1) is 11.5. The van der Waals surface area contributed by atoms with Crippen LogP contribution in [0, 0.1) is 0 Å². The van der Waals surface area contributed by atoms with Crippen molar-refractivity contribution in [1.29, 1.82) is 0 Å². The molecule has 0 aromatic heterocycles. The van der Waals surface area contributed by atoms with Crippen LogP contribution < -0.4 is 15.4 Å². The molecule has 0 aliphatic rings. The van der Waals surface area contributed by atoms with Crippen molar-refractivity contribution in [2.75, 3.05) is 17.2 Å². The Morgan fingerprint density at radius 2 is 1.75 bits per heavy atom. The average molecular weight is 334 g/mol. The molecule has 0 bridgehead atoms. The molecule has 1 amide bonds. The molecule has 0 fully saturated rings. The number of benzene rings is 2. The van der Waals surface area contributed by atoms with Crippen LogP contribution >= 0.6 is 0 Å². The quantitative estimate of drug-likeness (QED) is 0.786. The number of nitrogens with one attached hydrogen (secondary N) is 2.